The van der Waals surface area contributed by atoms with Gasteiger partial charge in [0, 0.05) is 32.7 Å². The maximum absolute atomic E-state index is 13.4. The number of hydrogen-bond acceptors (Lipinski definition) is 8. The Morgan fingerprint density at radius 1 is 1.15 bits per heavy atom. The number of ether oxygens (including phenoxy) is 1. The van der Waals surface area contributed by atoms with Crippen LogP contribution in [0.2, 0.25) is 5.02 Å². The molecule has 2 aromatic heterocycles. The van der Waals surface area contributed by atoms with Crippen molar-refractivity contribution >= 4 is 65.6 Å². The van der Waals surface area contributed by atoms with E-state index in [1.165, 1.54) is 27.0 Å². The van der Waals surface area contributed by atoms with Crippen LogP contribution in [0.4, 0.5) is 5.13 Å². The van der Waals surface area contributed by atoms with Crippen LogP contribution in [-0.2, 0) is 14.8 Å². The van der Waals surface area contributed by atoms with Gasteiger partial charge < -0.3 is 14.5 Å². The van der Waals surface area contributed by atoms with Crippen LogP contribution in [0.5, 0.6) is 5.75 Å². The number of fused-ring (bicyclic) bond motifs is 1. The molecule has 2 fully saturated rings. The summed E-state index contributed by atoms with van der Waals surface area (Å²) in [6, 6.07) is 6.31. The van der Waals surface area contributed by atoms with Crippen molar-refractivity contribution in [3.8, 4) is 5.75 Å². The van der Waals surface area contributed by atoms with Gasteiger partial charge in [0.15, 0.2) is 5.13 Å². The van der Waals surface area contributed by atoms with Crippen LogP contribution in [0.15, 0.2) is 33.9 Å². The van der Waals surface area contributed by atoms with Crippen LogP contribution in [-0.4, -0.2) is 74.4 Å². The van der Waals surface area contributed by atoms with Gasteiger partial charge >= 0.3 is 0 Å². The van der Waals surface area contributed by atoms with E-state index >= 15 is 0 Å². The number of benzene rings is 1. The Hall–Kier alpha value is -1.92. The molecule has 1 amide bonds. The maximum atomic E-state index is 13.4. The summed E-state index contributed by atoms with van der Waals surface area (Å²) in [4.78, 5) is 22.1. The van der Waals surface area contributed by atoms with E-state index in [4.69, 9.17) is 21.3 Å². The number of hydrogen-bond donors (Lipinski definition) is 0. The molecule has 2 saturated heterocycles. The molecule has 8 nitrogen and oxygen atoms in total. The summed E-state index contributed by atoms with van der Waals surface area (Å²) in [7, 11) is -2.06. The van der Waals surface area contributed by atoms with Crippen LogP contribution in [0.25, 0.3) is 10.2 Å². The number of piperidine rings is 1. The molecule has 1 atom stereocenters. The lowest BCUT2D eigenvalue weighted by Gasteiger charge is -2.40. The zero-order chi connectivity index (χ0) is 23.9. The summed E-state index contributed by atoms with van der Waals surface area (Å²) >= 11 is 9.07. The van der Waals surface area contributed by atoms with E-state index in [9.17, 15) is 13.2 Å². The Balaban J connectivity index is 1.30. The number of anilines is 1. The summed E-state index contributed by atoms with van der Waals surface area (Å²) in [6.45, 7) is 2.66. The Morgan fingerprint density at radius 2 is 1.94 bits per heavy atom. The van der Waals surface area contributed by atoms with Crippen molar-refractivity contribution in [1.82, 2.24) is 14.2 Å². The lowest BCUT2D eigenvalue weighted by Crippen LogP contribution is -2.57. The van der Waals surface area contributed by atoms with Crippen LogP contribution in [0, 0.1) is 0 Å². The molecule has 0 saturated carbocycles. The Kier molecular flexibility index (Phi) is 6.73. The summed E-state index contributed by atoms with van der Waals surface area (Å²) in [5.41, 5.74) is 0.741. The molecule has 1 unspecified atom stereocenters. The minimum atomic E-state index is -3.67. The third-order valence-electron chi connectivity index (χ3n) is 6.33. The first-order chi connectivity index (χ1) is 16.4. The molecule has 1 aromatic carbocycles. The predicted octanol–water partition coefficient (Wildman–Crippen LogP) is 3.91. The van der Waals surface area contributed by atoms with E-state index in [-0.39, 0.29) is 5.91 Å². The molecule has 12 heteroatoms. The van der Waals surface area contributed by atoms with Crippen LogP contribution in [0.1, 0.15) is 19.3 Å². The number of carbonyl (C=O) groups excluding carboxylic acids is 1. The van der Waals surface area contributed by atoms with Gasteiger partial charge in [-0.1, -0.05) is 35.4 Å². The quantitative estimate of drug-likeness (QED) is 0.488. The molecule has 0 radical (unpaired) electrons. The standard InChI is InChI=1S/C22H25ClN4O4S3/c1-31-17-8-7-15(23)20-19(17)24-22(33-20)26-12-10-25(11-13-26)21(28)16-5-2-3-9-27(16)34(29,30)18-6-4-14-32-18/h4,6-8,14,16H,2-3,5,9-13H2,1H3. The highest BCUT2D eigenvalue weighted by Gasteiger charge is 2.40. The van der Waals surface area contributed by atoms with Gasteiger partial charge in [0.1, 0.15) is 21.5 Å². The fourth-order valence-corrected chi connectivity index (χ4v) is 8.61. The fraction of sp³-hybridized carbons (Fsp3) is 0.455. The first-order valence-electron chi connectivity index (χ1n) is 11.1. The Morgan fingerprint density at radius 3 is 2.65 bits per heavy atom. The van der Waals surface area contributed by atoms with Crippen LogP contribution in [0.3, 0.4) is 0 Å². The molecule has 0 spiro atoms. The first kappa shape index (κ1) is 23.8. The van der Waals surface area contributed by atoms with Gasteiger partial charge in [0.2, 0.25) is 5.91 Å². The highest BCUT2D eigenvalue weighted by atomic mass is 35.5. The average molecular weight is 541 g/mol. The smallest absolute Gasteiger partial charge is 0.253 e. The Bertz CT molecular complexity index is 1290. The molecule has 0 bridgehead atoms. The molecule has 2 aliphatic rings. The van der Waals surface area contributed by atoms with Gasteiger partial charge in [-0.3, -0.25) is 4.79 Å². The molecule has 4 heterocycles. The normalized spacial score (nSPS) is 20.1. The molecular weight excluding hydrogens is 516 g/mol. The second-order valence-corrected chi connectivity index (χ2v) is 12.7. The number of carbonyl (C=O) groups is 1. The average Bonchev–Trinajstić information content (AvgIpc) is 3.56. The minimum Gasteiger partial charge on any atom is -0.494 e. The maximum Gasteiger partial charge on any atom is 0.253 e. The van der Waals surface area contributed by atoms with E-state index in [1.807, 2.05) is 6.07 Å². The van der Waals surface area contributed by atoms with E-state index in [0.717, 1.165) is 28.2 Å². The number of thiophene rings is 1. The van der Waals surface area contributed by atoms with E-state index in [1.54, 1.807) is 35.6 Å². The number of nitrogens with zero attached hydrogens (tertiary/aromatic N) is 4. The van der Waals surface area contributed by atoms with Gasteiger partial charge in [-0.25, -0.2) is 13.4 Å². The largest absolute Gasteiger partial charge is 0.494 e. The molecule has 3 aromatic rings. The van der Waals surface area contributed by atoms with Crippen molar-refractivity contribution in [3.63, 3.8) is 0 Å². The summed E-state index contributed by atoms with van der Waals surface area (Å²) < 4.78 is 34.4. The predicted molar refractivity (Wildman–Crippen MR) is 136 cm³/mol. The van der Waals surface area contributed by atoms with Gasteiger partial charge in [-0.15, -0.1) is 11.3 Å². The van der Waals surface area contributed by atoms with E-state index < -0.39 is 16.1 Å². The van der Waals surface area contributed by atoms with Crippen molar-refractivity contribution < 1.29 is 17.9 Å². The monoisotopic (exact) mass is 540 g/mol. The zero-order valence-electron chi connectivity index (χ0n) is 18.6. The number of sulfonamides is 1. The second kappa shape index (κ2) is 9.62. The highest BCUT2D eigenvalue weighted by molar-refractivity contribution is 7.91. The summed E-state index contributed by atoms with van der Waals surface area (Å²) in [5, 5.41) is 3.23. The molecule has 0 aliphatic carbocycles. The van der Waals surface area contributed by atoms with E-state index in [2.05, 4.69) is 4.90 Å². The highest BCUT2D eigenvalue weighted by Crippen LogP contribution is 2.39. The second-order valence-electron chi connectivity index (χ2n) is 8.30. The van der Waals surface area contributed by atoms with Gasteiger partial charge in [-0.05, 0) is 36.4 Å². The summed E-state index contributed by atoms with van der Waals surface area (Å²) in [5.74, 6) is 0.577. The zero-order valence-corrected chi connectivity index (χ0v) is 21.9. The van der Waals surface area contributed by atoms with Gasteiger partial charge in [0.05, 0.1) is 16.8 Å². The Labute approximate surface area is 211 Å². The number of aromatic nitrogens is 1. The molecule has 2 aliphatic heterocycles. The van der Waals surface area contributed by atoms with Gasteiger partial charge in [-0.2, -0.15) is 4.31 Å². The third-order valence-corrected chi connectivity index (χ3v) is 11.2. The number of halogens is 1. The van der Waals surface area contributed by atoms with Crippen LogP contribution < -0.4 is 9.64 Å². The van der Waals surface area contributed by atoms with Crippen molar-refractivity contribution in [3.05, 3.63) is 34.7 Å². The van der Waals surface area contributed by atoms with Crippen LogP contribution >= 0.6 is 34.3 Å². The van der Waals surface area contributed by atoms with Crippen molar-refractivity contribution in [2.24, 2.45) is 0 Å². The number of thiazole rings is 1. The molecule has 5 rings (SSSR count). The number of rotatable bonds is 5. The molecule has 34 heavy (non-hydrogen) atoms. The van der Waals surface area contributed by atoms with Crippen molar-refractivity contribution in [1.29, 1.82) is 0 Å². The van der Waals surface area contributed by atoms with Crippen molar-refractivity contribution in [2.75, 3.05) is 44.7 Å². The van der Waals surface area contributed by atoms with E-state index in [0.29, 0.717) is 54.1 Å². The first-order valence-corrected chi connectivity index (χ1v) is 14.6. The SMILES string of the molecule is COc1ccc(Cl)c2sc(N3CCN(C(=O)C4CCCCN4S(=O)(=O)c4cccs4)CC3)nc12. The number of amides is 1. The third kappa shape index (κ3) is 4.28. The topological polar surface area (TPSA) is 83.0 Å². The molecule has 0 N–H and O–H groups in total. The molecular formula is C22H25ClN4O4S3. The fourth-order valence-electron chi connectivity index (χ4n) is 4.54. The lowest BCUT2D eigenvalue weighted by atomic mass is 10.0. The van der Waals surface area contributed by atoms with Gasteiger partial charge in [0.25, 0.3) is 10.0 Å². The van der Waals surface area contributed by atoms with Crippen molar-refractivity contribution in [2.45, 2.75) is 29.5 Å². The number of piperazine rings is 1. The summed E-state index contributed by atoms with van der Waals surface area (Å²) in [6.07, 6.45) is 2.17. The minimum absolute atomic E-state index is 0.103. The number of methoxy groups -OCH3 is 1. The molecule has 182 valence electrons. The lowest BCUT2D eigenvalue weighted by molar-refractivity contribution is -0.136.